The van der Waals surface area contributed by atoms with Crippen LogP contribution in [-0.2, 0) is 6.54 Å². The third-order valence-electron chi connectivity index (χ3n) is 3.04. The molecule has 1 N–H and O–H groups in total. The first-order valence-corrected chi connectivity index (χ1v) is 6.81. The van der Waals surface area contributed by atoms with Crippen molar-refractivity contribution in [1.29, 1.82) is 0 Å². The number of amides is 2. The van der Waals surface area contributed by atoms with Crippen molar-refractivity contribution in [1.82, 2.24) is 10.5 Å². The SMILES string of the molecule is O=C(NCc1ccccc1)N(S)c1noc2ccccc12. The minimum Gasteiger partial charge on any atom is -0.354 e. The predicted octanol–water partition coefficient (Wildman–Crippen LogP) is 3.39. The van der Waals surface area contributed by atoms with E-state index in [1.54, 1.807) is 6.07 Å². The van der Waals surface area contributed by atoms with Gasteiger partial charge in [0.15, 0.2) is 11.4 Å². The molecule has 0 unspecified atom stereocenters. The number of nitrogens with zero attached hydrogens (tertiary/aromatic N) is 2. The molecule has 21 heavy (non-hydrogen) atoms. The number of urea groups is 1. The molecule has 0 spiro atoms. The quantitative estimate of drug-likeness (QED) is 0.729. The number of thiol groups is 1. The number of rotatable bonds is 3. The van der Waals surface area contributed by atoms with Crippen molar-refractivity contribution in [3.05, 3.63) is 60.2 Å². The molecule has 0 radical (unpaired) electrons. The van der Waals surface area contributed by atoms with Gasteiger partial charge in [-0.25, -0.2) is 9.10 Å². The highest BCUT2D eigenvalue weighted by Gasteiger charge is 2.18. The van der Waals surface area contributed by atoms with Gasteiger partial charge in [-0.2, -0.15) is 0 Å². The highest BCUT2D eigenvalue weighted by molar-refractivity contribution is 7.82. The minimum atomic E-state index is -0.360. The van der Waals surface area contributed by atoms with Crippen LogP contribution in [0, 0.1) is 0 Å². The predicted molar refractivity (Wildman–Crippen MR) is 84.2 cm³/mol. The second-order valence-corrected chi connectivity index (χ2v) is 4.86. The van der Waals surface area contributed by atoms with Gasteiger partial charge in [-0.3, -0.25) is 0 Å². The van der Waals surface area contributed by atoms with E-state index in [1.165, 1.54) is 0 Å². The molecule has 0 saturated heterocycles. The zero-order valence-corrected chi connectivity index (χ0v) is 12.0. The summed E-state index contributed by atoms with van der Waals surface area (Å²) in [5.41, 5.74) is 1.63. The molecule has 0 saturated carbocycles. The lowest BCUT2D eigenvalue weighted by atomic mass is 10.2. The molecule has 2 aromatic carbocycles. The van der Waals surface area contributed by atoms with Crippen molar-refractivity contribution in [3.8, 4) is 0 Å². The summed E-state index contributed by atoms with van der Waals surface area (Å²) in [5.74, 6) is 0.375. The second kappa shape index (κ2) is 5.88. The van der Waals surface area contributed by atoms with Crippen molar-refractivity contribution in [2.45, 2.75) is 6.54 Å². The zero-order valence-electron chi connectivity index (χ0n) is 11.1. The van der Waals surface area contributed by atoms with E-state index < -0.39 is 0 Å². The van der Waals surface area contributed by atoms with Gasteiger partial charge in [0.25, 0.3) is 0 Å². The van der Waals surface area contributed by atoms with Gasteiger partial charge in [0.05, 0.1) is 5.39 Å². The maximum absolute atomic E-state index is 12.1. The van der Waals surface area contributed by atoms with E-state index in [1.807, 2.05) is 48.5 Å². The number of nitrogens with one attached hydrogen (secondary N) is 1. The third-order valence-corrected chi connectivity index (χ3v) is 3.41. The highest BCUT2D eigenvalue weighted by atomic mass is 32.1. The average Bonchev–Trinajstić information content (AvgIpc) is 2.97. The van der Waals surface area contributed by atoms with Gasteiger partial charge in [-0.15, -0.1) is 0 Å². The van der Waals surface area contributed by atoms with Crippen molar-refractivity contribution < 1.29 is 9.32 Å². The van der Waals surface area contributed by atoms with E-state index in [9.17, 15) is 4.79 Å². The highest BCUT2D eigenvalue weighted by Crippen LogP contribution is 2.26. The standard InChI is InChI=1S/C15H13N3O2S/c19-15(16-10-11-6-2-1-3-7-11)18(21)14-12-8-4-5-9-13(12)20-17-14/h1-9,21H,10H2,(H,16,19). The number of carbonyl (C=O) groups is 1. The third kappa shape index (κ3) is 2.85. The van der Waals surface area contributed by atoms with Gasteiger partial charge in [0.2, 0.25) is 0 Å². The van der Waals surface area contributed by atoms with E-state index in [4.69, 9.17) is 4.52 Å². The van der Waals surface area contributed by atoms with Crippen LogP contribution in [0.5, 0.6) is 0 Å². The first-order valence-electron chi connectivity index (χ1n) is 6.41. The van der Waals surface area contributed by atoms with Crippen LogP contribution in [0.3, 0.4) is 0 Å². The van der Waals surface area contributed by atoms with Crippen LogP contribution < -0.4 is 9.62 Å². The molecule has 0 bridgehead atoms. The molecule has 0 fully saturated rings. The Kier molecular flexibility index (Phi) is 3.79. The Morgan fingerprint density at radius 3 is 2.67 bits per heavy atom. The summed E-state index contributed by atoms with van der Waals surface area (Å²) in [6, 6.07) is 16.6. The van der Waals surface area contributed by atoms with E-state index in [2.05, 4.69) is 23.3 Å². The molecule has 5 nitrogen and oxygen atoms in total. The smallest absolute Gasteiger partial charge is 0.333 e. The molecule has 0 aliphatic carbocycles. The Bertz CT molecular complexity index is 758. The van der Waals surface area contributed by atoms with Crippen molar-refractivity contribution in [2.24, 2.45) is 0 Å². The fraction of sp³-hybridized carbons (Fsp3) is 0.0667. The van der Waals surface area contributed by atoms with Crippen molar-refractivity contribution in [2.75, 3.05) is 4.31 Å². The first kappa shape index (κ1) is 13.5. The Morgan fingerprint density at radius 1 is 1.14 bits per heavy atom. The lowest BCUT2D eigenvalue weighted by molar-refractivity contribution is 0.249. The molecular formula is C15H13N3O2S. The largest absolute Gasteiger partial charge is 0.354 e. The lowest BCUT2D eigenvalue weighted by Gasteiger charge is -2.13. The Balaban J connectivity index is 1.72. The topological polar surface area (TPSA) is 58.4 Å². The summed E-state index contributed by atoms with van der Waals surface area (Å²) in [4.78, 5) is 12.1. The molecule has 6 heteroatoms. The number of aromatic nitrogens is 1. The summed E-state index contributed by atoms with van der Waals surface area (Å²) in [5, 5.41) is 7.40. The number of fused-ring (bicyclic) bond motifs is 1. The summed E-state index contributed by atoms with van der Waals surface area (Å²) >= 11 is 4.20. The minimum absolute atomic E-state index is 0.360. The number of benzene rings is 2. The van der Waals surface area contributed by atoms with Crippen LogP contribution in [0.1, 0.15) is 5.56 Å². The normalized spacial score (nSPS) is 10.5. The molecule has 3 rings (SSSR count). The number of hydrogen-bond donors (Lipinski definition) is 2. The van der Waals surface area contributed by atoms with E-state index in [0.717, 1.165) is 15.3 Å². The van der Waals surface area contributed by atoms with Gasteiger partial charge in [-0.05, 0) is 17.7 Å². The first-order chi connectivity index (χ1) is 10.3. The Labute approximate surface area is 127 Å². The van der Waals surface area contributed by atoms with Crippen LogP contribution in [0.15, 0.2) is 59.1 Å². The van der Waals surface area contributed by atoms with Crippen molar-refractivity contribution >= 4 is 35.6 Å². The molecule has 0 aliphatic rings. The fourth-order valence-electron chi connectivity index (χ4n) is 1.97. The molecule has 106 valence electrons. The molecule has 1 aromatic heterocycles. The monoisotopic (exact) mass is 299 g/mol. The maximum Gasteiger partial charge on any atom is 0.333 e. The Morgan fingerprint density at radius 2 is 1.86 bits per heavy atom. The van der Waals surface area contributed by atoms with E-state index in [-0.39, 0.29) is 6.03 Å². The number of anilines is 1. The summed E-state index contributed by atoms with van der Waals surface area (Å²) in [6.07, 6.45) is 0. The second-order valence-electron chi connectivity index (χ2n) is 4.46. The molecule has 0 aliphatic heterocycles. The molecule has 0 atom stereocenters. The van der Waals surface area contributed by atoms with E-state index in [0.29, 0.717) is 17.9 Å². The van der Waals surface area contributed by atoms with Crippen LogP contribution >= 0.6 is 12.8 Å². The number of para-hydroxylation sites is 1. The van der Waals surface area contributed by atoms with Gasteiger partial charge < -0.3 is 9.84 Å². The summed E-state index contributed by atoms with van der Waals surface area (Å²) < 4.78 is 6.31. The fourth-order valence-corrected chi connectivity index (χ4v) is 2.18. The van der Waals surface area contributed by atoms with Gasteiger partial charge in [0, 0.05) is 6.54 Å². The van der Waals surface area contributed by atoms with Crippen LogP contribution in [0.2, 0.25) is 0 Å². The molecule has 1 heterocycles. The van der Waals surface area contributed by atoms with Crippen molar-refractivity contribution in [3.63, 3.8) is 0 Å². The summed E-state index contributed by atoms with van der Waals surface area (Å²) in [6.45, 7) is 0.423. The van der Waals surface area contributed by atoms with Gasteiger partial charge >= 0.3 is 6.03 Å². The zero-order chi connectivity index (χ0) is 14.7. The lowest BCUT2D eigenvalue weighted by Crippen LogP contribution is -2.33. The number of carbonyl (C=O) groups excluding carboxylic acids is 1. The summed E-state index contributed by atoms with van der Waals surface area (Å²) in [7, 11) is 0. The number of hydrogen-bond acceptors (Lipinski definition) is 4. The molecular weight excluding hydrogens is 286 g/mol. The van der Waals surface area contributed by atoms with E-state index >= 15 is 0 Å². The van der Waals surface area contributed by atoms with Crippen LogP contribution in [0.4, 0.5) is 10.6 Å². The maximum atomic E-state index is 12.1. The molecule has 3 aromatic rings. The van der Waals surface area contributed by atoms with Gasteiger partial charge in [-0.1, -0.05) is 60.4 Å². The molecule has 2 amide bonds. The van der Waals surface area contributed by atoms with Crippen LogP contribution in [-0.4, -0.2) is 11.2 Å². The Hall–Kier alpha value is -2.47. The van der Waals surface area contributed by atoms with Gasteiger partial charge in [0.1, 0.15) is 0 Å². The van der Waals surface area contributed by atoms with Crippen LogP contribution in [0.25, 0.3) is 11.0 Å². The average molecular weight is 299 g/mol.